The maximum absolute atomic E-state index is 12.8. The Morgan fingerprint density at radius 3 is 2.50 bits per heavy atom. The van der Waals surface area contributed by atoms with E-state index < -0.39 is 0 Å². The number of methoxy groups -OCH3 is 1. The summed E-state index contributed by atoms with van der Waals surface area (Å²) in [4.78, 5) is 24.7. The van der Waals surface area contributed by atoms with Crippen LogP contribution in [0.15, 0.2) is 24.3 Å². The number of hydrogen-bond donors (Lipinski definition) is 0. The number of amides is 1. The Kier molecular flexibility index (Phi) is 6.51. The average molecular weight is 299 g/mol. The molecule has 0 saturated carbocycles. The van der Waals surface area contributed by atoms with E-state index in [1.165, 1.54) is 31.0 Å². The van der Waals surface area contributed by atoms with Crippen LogP contribution in [-0.2, 0) is 20.9 Å². The molecule has 0 heterocycles. The van der Waals surface area contributed by atoms with E-state index in [0.717, 1.165) is 5.56 Å². The van der Waals surface area contributed by atoms with Gasteiger partial charge in [0.2, 0.25) is 5.91 Å². The lowest BCUT2D eigenvalue weighted by Crippen LogP contribution is -2.29. The van der Waals surface area contributed by atoms with Gasteiger partial charge in [-0.25, -0.2) is 4.39 Å². The van der Waals surface area contributed by atoms with Crippen molar-refractivity contribution in [1.29, 1.82) is 0 Å². The number of carbonyl (C=O) groups excluding carboxylic acids is 2. The third kappa shape index (κ3) is 5.21. The lowest BCUT2D eigenvalue weighted by atomic mass is 10.2. The second-order valence-electron chi connectivity index (χ2n) is 4.35. The third-order valence-corrected chi connectivity index (χ3v) is 3.85. The largest absolute Gasteiger partial charge is 0.468 e. The zero-order chi connectivity index (χ0) is 15.1. The molecule has 0 aliphatic carbocycles. The zero-order valence-corrected chi connectivity index (χ0v) is 12.6. The summed E-state index contributed by atoms with van der Waals surface area (Å²) in [5.74, 6) is -0.530. The summed E-state index contributed by atoms with van der Waals surface area (Å²) in [6.45, 7) is 2.11. The highest BCUT2D eigenvalue weighted by Crippen LogP contribution is 2.13. The molecule has 1 atom stereocenters. The van der Waals surface area contributed by atoms with Gasteiger partial charge in [0.05, 0.1) is 12.9 Å². The number of halogens is 1. The minimum atomic E-state index is -0.372. The number of benzene rings is 1. The molecule has 0 aliphatic rings. The SMILES string of the molecule is COC(=O)C(C)SCC(=O)N(C)Cc1ccc(F)cc1. The van der Waals surface area contributed by atoms with Crippen LogP contribution in [0.5, 0.6) is 0 Å². The van der Waals surface area contributed by atoms with Gasteiger partial charge in [0.25, 0.3) is 0 Å². The van der Waals surface area contributed by atoms with Crippen LogP contribution in [0.1, 0.15) is 12.5 Å². The van der Waals surface area contributed by atoms with Crippen LogP contribution >= 0.6 is 11.8 Å². The van der Waals surface area contributed by atoms with Gasteiger partial charge in [-0.05, 0) is 24.6 Å². The lowest BCUT2D eigenvalue weighted by molar-refractivity contribution is -0.139. The van der Waals surface area contributed by atoms with Crippen molar-refractivity contribution in [2.45, 2.75) is 18.7 Å². The first kappa shape index (κ1) is 16.5. The topological polar surface area (TPSA) is 46.6 Å². The molecule has 4 nitrogen and oxygen atoms in total. The lowest BCUT2D eigenvalue weighted by Gasteiger charge is -2.18. The zero-order valence-electron chi connectivity index (χ0n) is 11.8. The van der Waals surface area contributed by atoms with Gasteiger partial charge in [0, 0.05) is 13.6 Å². The first-order chi connectivity index (χ1) is 9.43. The number of thioether (sulfide) groups is 1. The summed E-state index contributed by atoms with van der Waals surface area (Å²) in [6, 6.07) is 6.01. The first-order valence-electron chi connectivity index (χ1n) is 6.12. The van der Waals surface area contributed by atoms with E-state index in [1.54, 1.807) is 31.0 Å². The van der Waals surface area contributed by atoms with Crippen molar-refractivity contribution in [3.05, 3.63) is 35.6 Å². The molecular weight excluding hydrogens is 281 g/mol. The van der Waals surface area contributed by atoms with Crippen LogP contribution in [0.25, 0.3) is 0 Å². The van der Waals surface area contributed by atoms with Gasteiger partial charge >= 0.3 is 5.97 Å². The second kappa shape index (κ2) is 7.89. The number of hydrogen-bond acceptors (Lipinski definition) is 4. The number of esters is 1. The van der Waals surface area contributed by atoms with Crippen LogP contribution < -0.4 is 0 Å². The van der Waals surface area contributed by atoms with Crippen molar-refractivity contribution in [2.24, 2.45) is 0 Å². The fourth-order valence-electron chi connectivity index (χ4n) is 1.49. The molecule has 0 N–H and O–H groups in total. The molecule has 0 aliphatic heterocycles. The fourth-order valence-corrected chi connectivity index (χ4v) is 2.34. The summed E-state index contributed by atoms with van der Waals surface area (Å²) >= 11 is 1.23. The Hall–Kier alpha value is -1.56. The summed E-state index contributed by atoms with van der Waals surface area (Å²) in [5.41, 5.74) is 0.855. The van der Waals surface area contributed by atoms with Crippen molar-refractivity contribution in [3.63, 3.8) is 0 Å². The van der Waals surface area contributed by atoms with Gasteiger partial charge in [0.15, 0.2) is 0 Å². The Bertz CT molecular complexity index is 464. The molecule has 0 fully saturated rings. The van der Waals surface area contributed by atoms with Gasteiger partial charge in [-0.15, -0.1) is 11.8 Å². The molecule has 20 heavy (non-hydrogen) atoms. The molecular formula is C14H18FNO3S. The quantitative estimate of drug-likeness (QED) is 0.755. The minimum Gasteiger partial charge on any atom is -0.468 e. The van der Waals surface area contributed by atoms with Gasteiger partial charge in [0.1, 0.15) is 11.1 Å². The third-order valence-electron chi connectivity index (χ3n) is 2.75. The van der Waals surface area contributed by atoms with Crippen molar-refractivity contribution < 1.29 is 18.7 Å². The normalized spacial score (nSPS) is 11.8. The molecule has 0 bridgehead atoms. The highest BCUT2D eigenvalue weighted by molar-refractivity contribution is 8.01. The molecule has 1 rings (SSSR count). The van der Waals surface area contributed by atoms with Crippen LogP contribution in [0, 0.1) is 5.82 Å². The molecule has 0 aromatic heterocycles. The van der Waals surface area contributed by atoms with E-state index in [1.807, 2.05) is 0 Å². The minimum absolute atomic E-state index is 0.0879. The highest BCUT2D eigenvalue weighted by Gasteiger charge is 2.17. The summed E-state index contributed by atoms with van der Waals surface area (Å²) < 4.78 is 17.4. The Morgan fingerprint density at radius 1 is 1.35 bits per heavy atom. The second-order valence-corrected chi connectivity index (χ2v) is 5.68. The Balaban J connectivity index is 2.43. The molecule has 6 heteroatoms. The predicted molar refractivity (Wildman–Crippen MR) is 76.8 cm³/mol. The molecule has 0 radical (unpaired) electrons. The fraction of sp³-hybridized carbons (Fsp3) is 0.429. The van der Waals surface area contributed by atoms with E-state index in [0.29, 0.717) is 6.54 Å². The van der Waals surface area contributed by atoms with Crippen LogP contribution in [0.2, 0.25) is 0 Å². The molecule has 110 valence electrons. The molecule has 1 aromatic carbocycles. The van der Waals surface area contributed by atoms with E-state index in [-0.39, 0.29) is 28.7 Å². The van der Waals surface area contributed by atoms with Crippen LogP contribution in [-0.4, -0.2) is 41.9 Å². The average Bonchev–Trinajstić information content (AvgIpc) is 2.45. The number of carbonyl (C=O) groups is 2. The molecule has 1 unspecified atom stereocenters. The molecule has 1 aromatic rings. The van der Waals surface area contributed by atoms with E-state index in [9.17, 15) is 14.0 Å². The maximum atomic E-state index is 12.8. The monoisotopic (exact) mass is 299 g/mol. The van der Waals surface area contributed by atoms with E-state index in [4.69, 9.17) is 0 Å². The summed E-state index contributed by atoms with van der Waals surface area (Å²) in [5, 5.41) is -0.372. The van der Waals surface area contributed by atoms with Crippen LogP contribution in [0.4, 0.5) is 4.39 Å². The molecule has 1 amide bonds. The van der Waals surface area contributed by atoms with Gasteiger partial charge in [-0.2, -0.15) is 0 Å². The molecule has 0 spiro atoms. The standard InChI is InChI=1S/C14H18FNO3S/c1-10(14(18)19-3)20-9-13(17)16(2)8-11-4-6-12(15)7-5-11/h4-7,10H,8-9H2,1-3H3. The highest BCUT2D eigenvalue weighted by atomic mass is 32.2. The first-order valence-corrected chi connectivity index (χ1v) is 7.16. The van der Waals surface area contributed by atoms with Gasteiger partial charge in [-0.1, -0.05) is 12.1 Å². The number of nitrogens with zero attached hydrogens (tertiary/aromatic N) is 1. The summed E-state index contributed by atoms with van der Waals surface area (Å²) in [7, 11) is 3.00. The number of rotatable bonds is 6. The summed E-state index contributed by atoms with van der Waals surface area (Å²) in [6.07, 6.45) is 0. The predicted octanol–water partition coefficient (Wildman–Crippen LogP) is 2.08. The van der Waals surface area contributed by atoms with Gasteiger partial charge in [-0.3, -0.25) is 9.59 Å². The smallest absolute Gasteiger partial charge is 0.318 e. The van der Waals surface area contributed by atoms with Gasteiger partial charge < -0.3 is 9.64 Å². The van der Waals surface area contributed by atoms with E-state index in [2.05, 4.69) is 4.74 Å². The van der Waals surface area contributed by atoms with Crippen molar-refractivity contribution in [3.8, 4) is 0 Å². The van der Waals surface area contributed by atoms with Crippen LogP contribution in [0.3, 0.4) is 0 Å². The van der Waals surface area contributed by atoms with Crippen molar-refractivity contribution in [1.82, 2.24) is 4.90 Å². The maximum Gasteiger partial charge on any atom is 0.318 e. The van der Waals surface area contributed by atoms with E-state index >= 15 is 0 Å². The van der Waals surface area contributed by atoms with Crippen molar-refractivity contribution >= 4 is 23.6 Å². The number of ether oxygens (including phenoxy) is 1. The Morgan fingerprint density at radius 2 is 1.95 bits per heavy atom. The van der Waals surface area contributed by atoms with Crippen molar-refractivity contribution in [2.75, 3.05) is 19.9 Å². The molecule has 0 saturated heterocycles. The Labute approximate surface area is 122 Å².